The highest BCUT2D eigenvalue weighted by Crippen LogP contribution is 2.22. The maximum atomic E-state index is 12.1. The molecular weight excluding hydrogens is 326 g/mol. The summed E-state index contributed by atoms with van der Waals surface area (Å²) >= 11 is 0. The van der Waals surface area contributed by atoms with Gasteiger partial charge in [-0.1, -0.05) is 24.3 Å². The third-order valence-corrected chi connectivity index (χ3v) is 5.32. The quantitative estimate of drug-likeness (QED) is 0.893. The maximum absolute atomic E-state index is 12.1. The summed E-state index contributed by atoms with van der Waals surface area (Å²) < 4.78 is 26.4. The van der Waals surface area contributed by atoms with Gasteiger partial charge >= 0.3 is 0 Å². The molecule has 0 saturated heterocycles. The normalized spacial score (nSPS) is 16.5. The zero-order valence-electron chi connectivity index (χ0n) is 13.3. The highest BCUT2D eigenvalue weighted by Gasteiger charge is 2.30. The van der Waals surface area contributed by atoms with Crippen molar-refractivity contribution in [1.29, 1.82) is 0 Å². The van der Waals surface area contributed by atoms with Crippen molar-refractivity contribution in [2.45, 2.75) is 18.7 Å². The molecule has 3 rings (SSSR count). The van der Waals surface area contributed by atoms with E-state index in [1.807, 2.05) is 32.0 Å². The number of amidine groups is 1. The predicted molar refractivity (Wildman–Crippen MR) is 92.7 cm³/mol. The molecular formula is C17H17N3O3S. The minimum Gasteiger partial charge on any atom is -0.324 e. The van der Waals surface area contributed by atoms with Crippen molar-refractivity contribution in [3.63, 3.8) is 0 Å². The number of nitrogens with one attached hydrogen (secondary N) is 2. The Balaban J connectivity index is 1.77. The third kappa shape index (κ3) is 3.03. The Kier molecular flexibility index (Phi) is 4.11. The summed E-state index contributed by atoms with van der Waals surface area (Å²) in [4.78, 5) is 16.4. The average Bonchev–Trinajstić information content (AvgIpc) is 2.81. The molecule has 0 aliphatic carbocycles. The second-order valence-corrected chi connectivity index (χ2v) is 7.21. The van der Waals surface area contributed by atoms with Crippen LogP contribution in [0.1, 0.15) is 16.7 Å². The molecule has 0 aromatic heterocycles. The van der Waals surface area contributed by atoms with Crippen LogP contribution in [-0.4, -0.2) is 26.7 Å². The number of amides is 1. The molecule has 1 amide bonds. The van der Waals surface area contributed by atoms with E-state index in [1.54, 1.807) is 18.2 Å². The number of aliphatic imine (C=N–C) groups is 1. The number of hydrogen-bond acceptors (Lipinski definition) is 4. The standard InChI is InChI=1S/C17H17N3O3S/c1-11-6-5-8-14(12(11)2)19-16(21)10-18-17-13-7-3-4-9-15(13)24(22,23)20-17/h3-9H,10H2,1-2H3,(H,18,20)(H,19,21). The molecule has 0 fully saturated rings. The number of aryl methyl sites for hydroxylation is 1. The van der Waals surface area contributed by atoms with E-state index in [0.717, 1.165) is 16.8 Å². The molecule has 6 nitrogen and oxygen atoms in total. The molecule has 2 N–H and O–H groups in total. The molecule has 0 bridgehead atoms. The van der Waals surface area contributed by atoms with Crippen LogP contribution in [0.15, 0.2) is 52.4 Å². The van der Waals surface area contributed by atoms with Crippen LogP contribution in [0.3, 0.4) is 0 Å². The first kappa shape index (κ1) is 16.2. The Morgan fingerprint density at radius 1 is 1.12 bits per heavy atom. The fourth-order valence-electron chi connectivity index (χ4n) is 2.48. The lowest BCUT2D eigenvalue weighted by Crippen LogP contribution is -2.24. The number of nitrogens with zero attached hydrogens (tertiary/aromatic N) is 1. The van der Waals surface area contributed by atoms with E-state index in [4.69, 9.17) is 0 Å². The van der Waals surface area contributed by atoms with E-state index in [-0.39, 0.29) is 23.2 Å². The highest BCUT2D eigenvalue weighted by atomic mass is 32.2. The fraction of sp³-hybridized carbons (Fsp3) is 0.176. The number of rotatable bonds is 3. The first-order chi connectivity index (χ1) is 11.4. The molecule has 0 radical (unpaired) electrons. The predicted octanol–water partition coefficient (Wildman–Crippen LogP) is 1.98. The molecule has 0 spiro atoms. The van der Waals surface area contributed by atoms with Crippen LogP contribution in [0, 0.1) is 13.8 Å². The Labute approximate surface area is 140 Å². The first-order valence-electron chi connectivity index (χ1n) is 7.41. The molecule has 2 aromatic carbocycles. The Morgan fingerprint density at radius 3 is 2.67 bits per heavy atom. The molecule has 7 heteroatoms. The van der Waals surface area contributed by atoms with Crippen molar-refractivity contribution in [1.82, 2.24) is 4.72 Å². The maximum Gasteiger partial charge on any atom is 0.263 e. The molecule has 1 aliphatic heterocycles. The van der Waals surface area contributed by atoms with Crippen LogP contribution in [0.5, 0.6) is 0 Å². The van der Waals surface area contributed by atoms with Gasteiger partial charge in [-0.2, -0.15) is 0 Å². The summed E-state index contributed by atoms with van der Waals surface area (Å²) in [6.45, 7) is 3.73. The van der Waals surface area contributed by atoms with Crippen molar-refractivity contribution >= 4 is 27.5 Å². The topological polar surface area (TPSA) is 87.6 Å². The molecule has 0 atom stereocenters. The largest absolute Gasteiger partial charge is 0.324 e. The summed E-state index contributed by atoms with van der Waals surface area (Å²) in [6, 6.07) is 12.2. The van der Waals surface area contributed by atoms with Gasteiger partial charge in [0.2, 0.25) is 5.91 Å². The van der Waals surface area contributed by atoms with E-state index in [1.165, 1.54) is 6.07 Å². The SMILES string of the molecule is Cc1cccc(NC(=O)CN=C2NS(=O)(=O)c3ccccc32)c1C. The zero-order chi connectivity index (χ0) is 17.3. The summed E-state index contributed by atoms with van der Waals surface area (Å²) in [5.74, 6) is -0.110. The van der Waals surface area contributed by atoms with E-state index < -0.39 is 10.0 Å². The van der Waals surface area contributed by atoms with Gasteiger partial charge in [0.15, 0.2) is 0 Å². The molecule has 1 heterocycles. The number of sulfonamides is 1. The van der Waals surface area contributed by atoms with Gasteiger partial charge in [0.25, 0.3) is 10.0 Å². The summed E-state index contributed by atoms with van der Waals surface area (Å²) in [6.07, 6.45) is 0. The molecule has 124 valence electrons. The first-order valence-corrected chi connectivity index (χ1v) is 8.89. The van der Waals surface area contributed by atoms with Crippen LogP contribution in [0.25, 0.3) is 0 Å². The lowest BCUT2D eigenvalue weighted by atomic mass is 10.1. The van der Waals surface area contributed by atoms with Crippen LogP contribution < -0.4 is 10.0 Å². The van der Waals surface area contributed by atoms with Crippen molar-refractivity contribution < 1.29 is 13.2 Å². The third-order valence-electron chi connectivity index (χ3n) is 3.92. The van der Waals surface area contributed by atoms with Gasteiger partial charge in [-0.25, -0.2) is 8.42 Å². The molecule has 2 aromatic rings. The number of carbonyl (C=O) groups is 1. The Bertz CT molecular complexity index is 949. The molecule has 24 heavy (non-hydrogen) atoms. The van der Waals surface area contributed by atoms with E-state index >= 15 is 0 Å². The second-order valence-electron chi connectivity index (χ2n) is 5.56. The summed E-state index contributed by atoms with van der Waals surface area (Å²) in [5, 5.41) is 2.80. The number of anilines is 1. The lowest BCUT2D eigenvalue weighted by Gasteiger charge is -2.09. The number of hydrogen-bond donors (Lipinski definition) is 2. The molecule has 0 unspecified atom stereocenters. The minimum absolute atomic E-state index is 0.167. The summed E-state index contributed by atoms with van der Waals surface area (Å²) in [7, 11) is -3.59. The van der Waals surface area contributed by atoms with Gasteiger partial charge in [0.05, 0.1) is 4.90 Å². The fourth-order valence-corrected chi connectivity index (χ4v) is 3.73. The van der Waals surface area contributed by atoms with Crippen molar-refractivity contribution in [2.75, 3.05) is 11.9 Å². The van der Waals surface area contributed by atoms with Crippen LogP contribution in [0.4, 0.5) is 5.69 Å². The van der Waals surface area contributed by atoms with Gasteiger partial charge < -0.3 is 5.32 Å². The van der Waals surface area contributed by atoms with Gasteiger partial charge in [-0.15, -0.1) is 0 Å². The van der Waals surface area contributed by atoms with Crippen LogP contribution in [0.2, 0.25) is 0 Å². The lowest BCUT2D eigenvalue weighted by molar-refractivity contribution is -0.114. The van der Waals surface area contributed by atoms with Crippen LogP contribution in [-0.2, 0) is 14.8 Å². The number of fused-ring (bicyclic) bond motifs is 1. The van der Waals surface area contributed by atoms with Gasteiger partial charge in [0.1, 0.15) is 12.4 Å². The summed E-state index contributed by atoms with van der Waals surface area (Å²) in [5.41, 5.74) is 3.28. The number of carbonyl (C=O) groups excluding carboxylic acids is 1. The van der Waals surface area contributed by atoms with Gasteiger partial charge in [-0.3, -0.25) is 14.5 Å². The van der Waals surface area contributed by atoms with E-state index in [2.05, 4.69) is 15.0 Å². The Morgan fingerprint density at radius 2 is 1.88 bits per heavy atom. The number of benzene rings is 2. The minimum atomic E-state index is -3.59. The highest BCUT2D eigenvalue weighted by molar-refractivity contribution is 7.90. The van der Waals surface area contributed by atoms with E-state index in [0.29, 0.717) is 5.56 Å². The second kappa shape index (κ2) is 6.09. The smallest absolute Gasteiger partial charge is 0.263 e. The monoisotopic (exact) mass is 343 g/mol. The van der Waals surface area contributed by atoms with Gasteiger partial charge in [0, 0.05) is 11.3 Å². The zero-order valence-corrected chi connectivity index (χ0v) is 14.1. The average molecular weight is 343 g/mol. The molecule has 1 aliphatic rings. The van der Waals surface area contributed by atoms with Crippen molar-refractivity contribution in [3.05, 3.63) is 59.2 Å². The van der Waals surface area contributed by atoms with Crippen LogP contribution >= 0.6 is 0 Å². The van der Waals surface area contributed by atoms with E-state index in [9.17, 15) is 13.2 Å². The van der Waals surface area contributed by atoms with Crippen molar-refractivity contribution in [3.8, 4) is 0 Å². The van der Waals surface area contributed by atoms with Crippen molar-refractivity contribution in [2.24, 2.45) is 4.99 Å². The molecule has 0 saturated carbocycles. The van der Waals surface area contributed by atoms with Gasteiger partial charge in [-0.05, 0) is 43.2 Å². The Hall–Kier alpha value is -2.67.